The Labute approximate surface area is 206 Å². The summed E-state index contributed by atoms with van der Waals surface area (Å²) in [5.41, 5.74) is 2.24. The Hall–Kier alpha value is -3.74. The van der Waals surface area contributed by atoms with Crippen LogP contribution in [0.3, 0.4) is 0 Å². The van der Waals surface area contributed by atoms with E-state index in [1.165, 1.54) is 17.4 Å². The van der Waals surface area contributed by atoms with E-state index < -0.39 is 15.9 Å². The van der Waals surface area contributed by atoms with Crippen LogP contribution in [-0.4, -0.2) is 48.5 Å². The molecular formula is C26H29N5O3S. The van der Waals surface area contributed by atoms with Crippen molar-refractivity contribution in [1.82, 2.24) is 19.4 Å². The van der Waals surface area contributed by atoms with Gasteiger partial charge in [-0.3, -0.25) is 4.79 Å². The highest BCUT2D eigenvalue weighted by molar-refractivity contribution is 7.89. The largest absolute Gasteiger partial charge is 0.354 e. The van der Waals surface area contributed by atoms with Gasteiger partial charge in [-0.15, -0.1) is 0 Å². The van der Waals surface area contributed by atoms with Crippen LogP contribution in [0.25, 0.3) is 23.0 Å². The molecule has 3 aromatic rings. The van der Waals surface area contributed by atoms with Crippen LogP contribution in [0.1, 0.15) is 32.3 Å². The molecule has 1 amide bonds. The molecule has 0 fully saturated rings. The van der Waals surface area contributed by atoms with Crippen molar-refractivity contribution in [3.05, 3.63) is 71.9 Å². The molecule has 0 radical (unpaired) electrons. The van der Waals surface area contributed by atoms with Gasteiger partial charge in [0, 0.05) is 37.5 Å². The maximum Gasteiger partial charge on any atom is 0.261 e. The lowest BCUT2D eigenvalue weighted by molar-refractivity contribution is -0.116. The number of nitriles is 1. The summed E-state index contributed by atoms with van der Waals surface area (Å²) in [5, 5.41) is 16.6. The number of carbonyl (C=O) groups is 1. The molecule has 9 heteroatoms. The molecule has 0 bridgehead atoms. The lowest BCUT2D eigenvalue weighted by atomic mass is 10.1. The van der Waals surface area contributed by atoms with Crippen molar-refractivity contribution in [1.29, 1.82) is 5.26 Å². The maximum atomic E-state index is 13.4. The summed E-state index contributed by atoms with van der Waals surface area (Å²) in [6.45, 7) is 4.77. The van der Waals surface area contributed by atoms with Gasteiger partial charge in [-0.1, -0.05) is 44.2 Å². The van der Waals surface area contributed by atoms with Crippen molar-refractivity contribution in [3.8, 4) is 23.0 Å². The highest BCUT2D eigenvalue weighted by atomic mass is 32.2. The minimum atomic E-state index is -3.69. The molecular weight excluding hydrogens is 462 g/mol. The molecule has 0 saturated carbocycles. The van der Waals surface area contributed by atoms with Gasteiger partial charge >= 0.3 is 0 Å². The Bertz CT molecular complexity index is 1350. The van der Waals surface area contributed by atoms with E-state index in [-0.39, 0.29) is 10.5 Å². The van der Waals surface area contributed by atoms with E-state index in [1.54, 1.807) is 35.1 Å². The Morgan fingerprint density at radius 3 is 2.40 bits per heavy atom. The standard InChI is InChI=1S/C26H29N5O3S/c1-4-14-30(15-5-2)35(33,34)24-13-9-10-20(17-24)25-22(16-21(18-27)26(32)28-3)19-31(29-25)23-11-7-6-8-12-23/h6-13,16-17,19H,4-5,14-15H2,1-3H3,(H,28,32)/b21-16-. The number of rotatable bonds is 10. The second-order valence-electron chi connectivity index (χ2n) is 7.89. The number of carbonyl (C=O) groups excluding carboxylic acids is 1. The smallest absolute Gasteiger partial charge is 0.261 e. The first kappa shape index (κ1) is 25.9. The molecule has 1 aromatic heterocycles. The highest BCUT2D eigenvalue weighted by Crippen LogP contribution is 2.29. The SMILES string of the molecule is CCCN(CCC)S(=O)(=O)c1cccc(-c2nn(-c3ccccc3)cc2/C=C(/C#N)C(=O)NC)c1. The zero-order chi connectivity index (χ0) is 25.4. The first-order valence-electron chi connectivity index (χ1n) is 11.4. The average molecular weight is 492 g/mol. The number of likely N-dealkylation sites (N-methyl/N-ethyl adjacent to an activating group) is 1. The van der Waals surface area contributed by atoms with Gasteiger partial charge in [0.05, 0.1) is 10.6 Å². The molecule has 0 aliphatic rings. The normalized spacial score (nSPS) is 11.9. The Kier molecular flexibility index (Phi) is 8.58. The molecule has 35 heavy (non-hydrogen) atoms. The molecule has 0 saturated heterocycles. The van der Waals surface area contributed by atoms with E-state index in [9.17, 15) is 18.5 Å². The van der Waals surface area contributed by atoms with Crippen LogP contribution in [0.4, 0.5) is 0 Å². The van der Waals surface area contributed by atoms with Crippen LogP contribution in [0.15, 0.2) is 71.3 Å². The van der Waals surface area contributed by atoms with E-state index in [4.69, 9.17) is 0 Å². The number of nitrogens with zero attached hydrogens (tertiary/aromatic N) is 4. The highest BCUT2D eigenvalue weighted by Gasteiger charge is 2.24. The second-order valence-corrected chi connectivity index (χ2v) is 9.83. The molecule has 0 aliphatic heterocycles. The number of para-hydroxylation sites is 1. The molecule has 0 aliphatic carbocycles. The van der Waals surface area contributed by atoms with Crippen molar-refractivity contribution in [2.24, 2.45) is 0 Å². The fourth-order valence-corrected chi connectivity index (χ4v) is 5.34. The zero-order valence-electron chi connectivity index (χ0n) is 20.1. The Morgan fingerprint density at radius 1 is 1.11 bits per heavy atom. The average Bonchev–Trinajstić information content (AvgIpc) is 3.31. The van der Waals surface area contributed by atoms with Crippen LogP contribution >= 0.6 is 0 Å². The predicted molar refractivity (Wildman–Crippen MR) is 136 cm³/mol. The van der Waals surface area contributed by atoms with E-state index in [0.29, 0.717) is 42.8 Å². The topological polar surface area (TPSA) is 108 Å². The van der Waals surface area contributed by atoms with Crippen LogP contribution in [0.5, 0.6) is 0 Å². The molecule has 182 valence electrons. The zero-order valence-corrected chi connectivity index (χ0v) is 20.9. The number of hydrogen-bond acceptors (Lipinski definition) is 5. The van der Waals surface area contributed by atoms with Gasteiger partial charge in [-0.25, -0.2) is 13.1 Å². The third-order valence-electron chi connectivity index (χ3n) is 5.35. The quantitative estimate of drug-likeness (QED) is 0.341. The minimum Gasteiger partial charge on any atom is -0.354 e. The first-order chi connectivity index (χ1) is 16.8. The van der Waals surface area contributed by atoms with Crippen molar-refractivity contribution in [3.63, 3.8) is 0 Å². The number of benzene rings is 2. The van der Waals surface area contributed by atoms with Crippen LogP contribution in [0, 0.1) is 11.3 Å². The summed E-state index contributed by atoms with van der Waals surface area (Å²) < 4.78 is 29.8. The van der Waals surface area contributed by atoms with Gasteiger partial charge in [-0.2, -0.15) is 14.7 Å². The number of aromatic nitrogens is 2. The van der Waals surface area contributed by atoms with Gasteiger partial charge in [0.2, 0.25) is 10.0 Å². The summed E-state index contributed by atoms with van der Waals surface area (Å²) in [6, 6.07) is 17.9. The van der Waals surface area contributed by atoms with E-state index in [2.05, 4.69) is 10.4 Å². The van der Waals surface area contributed by atoms with Crippen LogP contribution in [-0.2, 0) is 14.8 Å². The van der Waals surface area contributed by atoms with Gasteiger partial charge in [0.25, 0.3) is 5.91 Å². The fraction of sp³-hybridized carbons (Fsp3) is 0.269. The van der Waals surface area contributed by atoms with Gasteiger partial charge in [-0.05, 0) is 43.2 Å². The van der Waals surface area contributed by atoms with Crippen molar-refractivity contribution < 1.29 is 13.2 Å². The monoisotopic (exact) mass is 491 g/mol. The molecule has 2 aromatic carbocycles. The van der Waals surface area contributed by atoms with Crippen molar-refractivity contribution >= 4 is 22.0 Å². The number of hydrogen-bond donors (Lipinski definition) is 1. The lowest BCUT2D eigenvalue weighted by Gasteiger charge is -2.21. The van der Waals surface area contributed by atoms with Gasteiger partial charge < -0.3 is 5.32 Å². The number of sulfonamides is 1. The molecule has 0 spiro atoms. The minimum absolute atomic E-state index is 0.0813. The number of nitrogens with one attached hydrogen (secondary N) is 1. The summed E-state index contributed by atoms with van der Waals surface area (Å²) in [5.74, 6) is -0.517. The molecule has 1 N–H and O–H groups in total. The maximum absolute atomic E-state index is 13.4. The third-order valence-corrected chi connectivity index (χ3v) is 7.24. The van der Waals surface area contributed by atoms with E-state index in [1.807, 2.05) is 50.2 Å². The molecule has 1 heterocycles. The molecule has 0 atom stereocenters. The summed E-state index contributed by atoms with van der Waals surface area (Å²) in [7, 11) is -2.24. The third kappa shape index (κ3) is 5.85. The van der Waals surface area contributed by atoms with Gasteiger partial charge in [0.1, 0.15) is 17.3 Å². The van der Waals surface area contributed by atoms with Crippen molar-refractivity contribution in [2.75, 3.05) is 20.1 Å². The second kappa shape index (κ2) is 11.6. The van der Waals surface area contributed by atoms with E-state index >= 15 is 0 Å². The summed E-state index contributed by atoms with van der Waals surface area (Å²) in [4.78, 5) is 12.3. The summed E-state index contributed by atoms with van der Waals surface area (Å²) >= 11 is 0. The molecule has 8 nitrogen and oxygen atoms in total. The fourth-order valence-electron chi connectivity index (χ4n) is 3.67. The Morgan fingerprint density at radius 2 is 1.80 bits per heavy atom. The van der Waals surface area contributed by atoms with Crippen LogP contribution < -0.4 is 5.32 Å². The summed E-state index contributed by atoms with van der Waals surface area (Å²) in [6.07, 6.45) is 4.60. The first-order valence-corrected chi connectivity index (χ1v) is 12.9. The Balaban J connectivity index is 2.17. The van der Waals surface area contributed by atoms with Crippen molar-refractivity contribution in [2.45, 2.75) is 31.6 Å². The van der Waals surface area contributed by atoms with Crippen LogP contribution in [0.2, 0.25) is 0 Å². The molecule has 3 rings (SSSR count). The lowest BCUT2D eigenvalue weighted by Crippen LogP contribution is -2.32. The van der Waals surface area contributed by atoms with Gasteiger partial charge in [0.15, 0.2) is 0 Å². The number of amides is 1. The van der Waals surface area contributed by atoms with E-state index in [0.717, 1.165) is 5.69 Å². The predicted octanol–water partition coefficient (Wildman–Crippen LogP) is 4.00. The molecule has 0 unspecified atom stereocenters.